The monoisotopic (exact) mass is 374 g/mol. The van der Waals surface area contributed by atoms with E-state index in [1.54, 1.807) is 0 Å². The molecule has 2 unspecified atom stereocenters. The molecule has 2 heterocycles. The molecule has 0 bridgehead atoms. The fourth-order valence-electron chi connectivity index (χ4n) is 3.44. The molecule has 2 N–H and O–H groups in total. The van der Waals surface area contributed by atoms with Crippen LogP contribution in [0.15, 0.2) is 4.99 Å². The third kappa shape index (κ3) is 7.11. The summed E-state index contributed by atoms with van der Waals surface area (Å²) >= 11 is 0. The van der Waals surface area contributed by atoms with E-state index in [1.807, 2.05) is 6.92 Å². The molecule has 2 aliphatic rings. The Balaban J connectivity index is 1.97. The van der Waals surface area contributed by atoms with Gasteiger partial charge in [-0.2, -0.15) is 0 Å². The molecule has 7 nitrogen and oxygen atoms in total. The highest BCUT2D eigenvalue weighted by Crippen LogP contribution is 2.14. The van der Waals surface area contributed by atoms with Crippen LogP contribution in [0.2, 0.25) is 0 Å². The molecule has 0 spiro atoms. The Morgan fingerprint density at radius 3 is 2.60 bits per heavy atom. The highest BCUT2D eigenvalue weighted by atomic mass is 32.2. The van der Waals surface area contributed by atoms with Crippen LogP contribution in [-0.4, -0.2) is 82.3 Å². The summed E-state index contributed by atoms with van der Waals surface area (Å²) in [4.78, 5) is 7.24. The summed E-state index contributed by atoms with van der Waals surface area (Å²) < 4.78 is 28.8. The van der Waals surface area contributed by atoms with Crippen molar-refractivity contribution in [2.24, 2.45) is 10.9 Å². The summed E-state index contributed by atoms with van der Waals surface area (Å²) in [5.74, 6) is 1.81. The van der Waals surface area contributed by atoms with Gasteiger partial charge in [0.05, 0.1) is 31.3 Å². The summed E-state index contributed by atoms with van der Waals surface area (Å²) in [7, 11) is -2.89. The number of rotatable bonds is 7. The van der Waals surface area contributed by atoms with E-state index in [2.05, 4.69) is 29.4 Å². The Labute approximate surface area is 152 Å². The van der Waals surface area contributed by atoms with Gasteiger partial charge < -0.3 is 15.4 Å². The molecule has 146 valence electrons. The standard InChI is InChI=1S/C17H34N4O3S/c1-4-18-17(20-15-5-10-25(22,23)13-15)19-12-16(11-14(2)3)21-6-8-24-9-7-21/h14-16H,4-13H2,1-3H3,(H2,18,19,20). The highest BCUT2D eigenvalue weighted by Gasteiger charge is 2.28. The fraction of sp³-hybridized carbons (Fsp3) is 0.941. The second-order valence-corrected chi connectivity index (χ2v) is 9.62. The normalized spacial score (nSPS) is 25.9. The van der Waals surface area contributed by atoms with Crippen LogP contribution in [0.3, 0.4) is 0 Å². The molecule has 0 aliphatic carbocycles. The SMILES string of the molecule is CCNC(=NCC(CC(C)C)N1CCOCC1)NC1CCS(=O)(=O)C1. The summed E-state index contributed by atoms with van der Waals surface area (Å²) in [5, 5.41) is 6.55. The summed E-state index contributed by atoms with van der Waals surface area (Å²) in [5.41, 5.74) is 0. The zero-order valence-corrected chi connectivity index (χ0v) is 16.6. The Kier molecular flexibility index (Phi) is 7.96. The highest BCUT2D eigenvalue weighted by molar-refractivity contribution is 7.91. The third-order valence-corrected chi connectivity index (χ3v) is 6.45. The second kappa shape index (κ2) is 9.73. The smallest absolute Gasteiger partial charge is 0.191 e. The van der Waals surface area contributed by atoms with Crippen molar-refractivity contribution in [1.29, 1.82) is 0 Å². The maximum absolute atomic E-state index is 11.7. The summed E-state index contributed by atoms with van der Waals surface area (Å²) in [6, 6.07) is 0.362. The first kappa shape index (κ1) is 20.5. The minimum absolute atomic E-state index is 0.0327. The Bertz CT molecular complexity index is 530. The lowest BCUT2D eigenvalue weighted by Crippen LogP contribution is -2.47. The molecule has 2 fully saturated rings. The first-order chi connectivity index (χ1) is 11.9. The average molecular weight is 375 g/mol. The maximum Gasteiger partial charge on any atom is 0.191 e. The van der Waals surface area contributed by atoms with Crippen LogP contribution in [0, 0.1) is 5.92 Å². The van der Waals surface area contributed by atoms with Gasteiger partial charge in [-0.25, -0.2) is 8.42 Å². The average Bonchev–Trinajstić information content (AvgIpc) is 2.90. The van der Waals surface area contributed by atoms with Crippen LogP contribution in [-0.2, 0) is 14.6 Å². The van der Waals surface area contributed by atoms with Crippen molar-refractivity contribution >= 4 is 15.8 Å². The molecule has 0 aromatic rings. The van der Waals surface area contributed by atoms with Gasteiger partial charge in [0.25, 0.3) is 0 Å². The van der Waals surface area contributed by atoms with Crippen molar-refractivity contribution < 1.29 is 13.2 Å². The van der Waals surface area contributed by atoms with E-state index in [0.29, 0.717) is 24.9 Å². The van der Waals surface area contributed by atoms with E-state index in [1.165, 1.54) is 0 Å². The molecule has 0 aromatic heterocycles. The quantitative estimate of drug-likeness (QED) is 0.498. The fourth-order valence-corrected chi connectivity index (χ4v) is 5.12. The molecule has 25 heavy (non-hydrogen) atoms. The Hall–Kier alpha value is -0.860. The third-order valence-electron chi connectivity index (χ3n) is 4.68. The van der Waals surface area contributed by atoms with Crippen LogP contribution >= 0.6 is 0 Å². The molecule has 0 aromatic carbocycles. The molecule has 8 heteroatoms. The van der Waals surface area contributed by atoms with Gasteiger partial charge >= 0.3 is 0 Å². The van der Waals surface area contributed by atoms with Gasteiger partial charge in [0.2, 0.25) is 0 Å². The van der Waals surface area contributed by atoms with E-state index < -0.39 is 9.84 Å². The second-order valence-electron chi connectivity index (χ2n) is 7.40. The van der Waals surface area contributed by atoms with Crippen molar-refractivity contribution in [3.8, 4) is 0 Å². The van der Waals surface area contributed by atoms with Crippen molar-refractivity contribution in [3.63, 3.8) is 0 Å². The number of hydrogen-bond acceptors (Lipinski definition) is 5. The number of nitrogens with zero attached hydrogens (tertiary/aromatic N) is 2. The molecule has 0 amide bonds. The van der Waals surface area contributed by atoms with E-state index in [-0.39, 0.29) is 17.5 Å². The minimum atomic E-state index is -2.89. The van der Waals surface area contributed by atoms with Crippen molar-refractivity contribution in [2.45, 2.75) is 45.7 Å². The number of aliphatic imine (C=N–C) groups is 1. The lowest BCUT2D eigenvalue weighted by molar-refractivity contribution is 0.0143. The van der Waals surface area contributed by atoms with Crippen molar-refractivity contribution in [3.05, 3.63) is 0 Å². The zero-order chi connectivity index (χ0) is 18.3. The van der Waals surface area contributed by atoms with Gasteiger partial charge in [0.15, 0.2) is 15.8 Å². The summed E-state index contributed by atoms with van der Waals surface area (Å²) in [6.45, 7) is 11.5. The van der Waals surface area contributed by atoms with Gasteiger partial charge in [-0.15, -0.1) is 0 Å². The first-order valence-electron chi connectivity index (χ1n) is 9.46. The van der Waals surface area contributed by atoms with E-state index in [4.69, 9.17) is 9.73 Å². The number of guanidine groups is 1. The van der Waals surface area contributed by atoms with E-state index in [9.17, 15) is 8.42 Å². The number of hydrogen-bond donors (Lipinski definition) is 2. The lowest BCUT2D eigenvalue weighted by Gasteiger charge is -2.34. The number of ether oxygens (including phenoxy) is 1. The van der Waals surface area contributed by atoms with Crippen LogP contribution in [0.5, 0.6) is 0 Å². The van der Waals surface area contributed by atoms with Crippen LogP contribution in [0.25, 0.3) is 0 Å². The van der Waals surface area contributed by atoms with Gasteiger partial charge in [-0.3, -0.25) is 9.89 Å². The van der Waals surface area contributed by atoms with Gasteiger partial charge in [0, 0.05) is 31.7 Å². The number of morpholine rings is 1. The maximum atomic E-state index is 11.7. The topological polar surface area (TPSA) is 83.0 Å². The van der Waals surface area contributed by atoms with Gasteiger partial charge in [-0.05, 0) is 25.7 Å². The van der Waals surface area contributed by atoms with Crippen LogP contribution < -0.4 is 10.6 Å². The lowest BCUT2D eigenvalue weighted by atomic mass is 10.0. The van der Waals surface area contributed by atoms with Crippen LogP contribution in [0.1, 0.15) is 33.6 Å². The van der Waals surface area contributed by atoms with Crippen molar-refractivity contribution in [2.75, 3.05) is 50.9 Å². The zero-order valence-electron chi connectivity index (χ0n) is 15.8. The molecule has 0 saturated carbocycles. The van der Waals surface area contributed by atoms with E-state index in [0.717, 1.165) is 45.2 Å². The molecular weight excluding hydrogens is 340 g/mol. The molecule has 2 rings (SSSR count). The molecule has 2 saturated heterocycles. The largest absolute Gasteiger partial charge is 0.379 e. The number of sulfone groups is 1. The van der Waals surface area contributed by atoms with Gasteiger partial charge in [0.1, 0.15) is 0 Å². The first-order valence-corrected chi connectivity index (χ1v) is 11.3. The van der Waals surface area contributed by atoms with E-state index >= 15 is 0 Å². The molecule has 0 radical (unpaired) electrons. The predicted octanol–water partition coefficient (Wildman–Crippen LogP) is 0.476. The summed E-state index contributed by atoms with van der Waals surface area (Å²) in [6.07, 6.45) is 1.76. The van der Waals surface area contributed by atoms with Crippen LogP contribution in [0.4, 0.5) is 0 Å². The Morgan fingerprint density at radius 1 is 1.32 bits per heavy atom. The predicted molar refractivity (Wildman–Crippen MR) is 102 cm³/mol. The number of nitrogens with one attached hydrogen (secondary N) is 2. The van der Waals surface area contributed by atoms with Crippen molar-refractivity contribution in [1.82, 2.24) is 15.5 Å². The molecule has 2 aliphatic heterocycles. The molecule has 2 atom stereocenters. The molecular formula is C17H34N4O3S. The minimum Gasteiger partial charge on any atom is -0.379 e. The van der Waals surface area contributed by atoms with Gasteiger partial charge in [-0.1, -0.05) is 13.8 Å². The Morgan fingerprint density at radius 2 is 2.04 bits per heavy atom.